The zero-order valence-electron chi connectivity index (χ0n) is 11.6. The maximum absolute atomic E-state index is 11.2. The highest BCUT2D eigenvalue weighted by atomic mass is 16.3. The molecule has 0 fully saturated rings. The Kier molecular flexibility index (Phi) is 4.20. The third-order valence-electron chi connectivity index (χ3n) is 3.07. The van der Waals surface area contributed by atoms with Crippen molar-refractivity contribution >= 4 is 23.6 Å². The van der Waals surface area contributed by atoms with Gasteiger partial charge < -0.3 is 10.0 Å². The van der Waals surface area contributed by atoms with Crippen LogP contribution in [0.4, 0.5) is 5.69 Å². The number of allylic oxidation sites excluding steroid dienone is 1. The number of para-hydroxylation sites is 1. The maximum Gasteiger partial charge on any atom is 0.150 e. The quantitative estimate of drug-likeness (QED) is 0.525. The van der Waals surface area contributed by atoms with Crippen molar-refractivity contribution < 1.29 is 9.90 Å². The van der Waals surface area contributed by atoms with Crippen LogP contribution in [0.1, 0.15) is 11.1 Å². The lowest BCUT2D eigenvalue weighted by Crippen LogP contribution is -2.07. The van der Waals surface area contributed by atoms with Crippen LogP contribution in [0.15, 0.2) is 48.5 Å². The molecule has 0 aliphatic heterocycles. The van der Waals surface area contributed by atoms with Gasteiger partial charge in [0.25, 0.3) is 0 Å². The second-order valence-corrected chi connectivity index (χ2v) is 4.72. The summed E-state index contributed by atoms with van der Waals surface area (Å²) in [6.45, 7) is 0. The van der Waals surface area contributed by atoms with Gasteiger partial charge in [0.15, 0.2) is 6.29 Å². The summed E-state index contributed by atoms with van der Waals surface area (Å²) >= 11 is 0. The summed E-state index contributed by atoms with van der Waals surface area (Å²) in [6.07, 6.45) is 2.52. The van der Waals surface area contributed by atoms with Crippen LogP contribution in [0.5, 0.6) is 5.75 Å². The summed E-state index contributed by atoms with van der Waals surface area (Å²) < 4.78 is 0. The molecule has 0 radical (unpaired) electrons. The van der Waals surface area contributed by atoms with Gasteiger partial charge in [-0.15, -0.1) is 0 Å². The van der Waals surface area contributed by atoms with E-state index in [0.29, 0.717) is 11.1 Å². The Labute approximate surface area is 118 Å². The molecular weight excluding hydrogens is 250 g/mol. The van der Waals surface area contributed by atoms with Gasteiger partial charge in [0, 0.05) is 30.9 Å². The molecule has 3 heteroatoms. The van der Waals surface area contributed by atoms with Crippen LogP contribution >= 0.6 is 0 Å². The van der Waals surface area contributed by atoms with Crippen LogP contribution in [-0.2, 0) is 4.79 Å². The molecule has 0 saturated carbocycles. The smallest absolute Gasteiger partial charge is 0.150 e. The number of benzene rings is 2. The zero-order valence-corrected chi connectivity index (χ0v) is 11.6. The number of aldehydes is 1. The zero-order chi connectivity index (χ0) is 14.5. The standard InChI is InChI=1S/C17H17NO2/c1-18(2)15-9-7-13(8-10-15)11-14(12-19)16-5-3-4-6-17(16)20/h3-12,20H,1-2H3. The van der Waals surface area contributed by atoms with Crippen molar-refractivity contribution in [3.63, 3.8) is 0 Å². The number of phenolic OH excluding ortho intramolecular Hbond substituents is 1. The highest BCUT2D eigenvalue weighted by Gasteiger charge is 2.05. The number of hydrogen-bond donors (Lipinski definition) is 1. The normalized spacial score (nSPS) is 11.2. The molecule has 0 unspecified atom stereocenters. The molecule has 2 aromatic rings. The van der Waals surface area contributed by atoms with E-state index in [1.54, 1.807) is 30.3 Å². The Morgan fingerprint density at radius 3 is 2.25 bits per heavy atom. The number of aromatic hydroxyl groups is 1. The molecule has 2 rings (SSSR count). The van der Waals surface area contributed by atoms with Gasteiger partial charge in [-0.2, -0.15) is 0 Å². The van der Waals surface area contributed by atoms with E-state index in [1.807, 2.05) is 43.3 Å². The number of anilines is 1. The first-order chi connectivity index (χ1) is 9.61. The lowest BCUT2D eigenvalue weighted by molar-refractivity contribution is -0.103. The van der Waals surface area contributed by atoms with Gasteiger partial charge >= 0.3 is 0 Å². The molecule has 0 aliphatic carbocycles. The minimum atomic E-state index is 0.107. The van der Waals surface area contributed by atoms with Gasteiger partial charge in [0.2, 0.25) is 0 Å². The van der Waals surface area contributed by atoms with E-state index in [2.05, 4.69) is 0 Å². The van der Waals surface area contributed by atoms with E-state index in [1.165, 1.54) is 0 Å². The van der Waals surface area contributed by atoms with Gasteiger partial charge in [-0.3, -0.25) is 4.79 Å². The third-order valence-corrected chi connectivity index (χ3v) is 3.07. The predicted octanol–water partition coefficient (Wildman–Crippen LogP) is 3.20. The second-order valence-electron chi connectivity index (χ2n) is 4.72. The number of carbonyl (C=O) groups excluding carboxylic acids is 1. The molecule has 0 bridgehead atoms. The van der Waals surface area contributed by atoms with E-state index < -0.39 is 0 Å². The molecule has 0 saturated heterocycles. The van der Waals surface area contributed by atoms with E-state index in [9.17, 15) is 9.90 Å². The van der Waals surface area contributed by atoms with Crippen molar-refractivity contribution in [2.75, 3.05) is 19.0 Å². The van der Waals surface area contributed by atoms with E-state index >= 15 is 0 Å². The van der Waals surface area contributed by atoms with Gasteiger partial charge in [0.05, 0.1) is 0 Å². The predicted molar refractivity (Wildman–Crippen MR) is 82.8 cm³/mol. The summed E-state index contributed by atoms with van der Waals surface area (Å²) in [5.74, 6) is 0.107. The van der Waals surface area contributed by atoms with Crippen molar-refractivity contribution in [1.29, 1.82) is 0 Å². The van der Waals surface area contributed by atoms with Crippen LogP contribution in [-0.4, -0.2) is 25.5 Å². The van der Waals surface area contributed by atoms with Gasteiger partial charge in [-0.1, -0.05) is 30.3 Å². The molecule has 0 spiro atoms. The maximum atomic E-state index is 11.2. The number of carbonyl (C=O) groups is 1. The fourth-order valence-electron chi connectivity index (χ4n) is 1.94. The van der Waals surface area contributed by atoms with Gasteiger partial charge in [0.1, 0.15) is 5.75 Å². The molecule has 20 heavy (non-hydrogen) atoms. The SMILES string of the molecule is CN(C)c1ccc(C=C(C=O)c2ccccc2O)cc1. The summed E-state index contributed by atoms with van der Waals surface area (Å²) in [6, 6.07) is 14.7. The van der Waals surface area contributed by atoms with E-state index in [-0.39, 0.29) is 5.75 Å². The number of nitrogens with zero attached hydrogens (tertiary/aromatic N) is 1. The molecule has 1 N–H and O–H groups in total. The average molecular weight is 267 g/mol. The Balaban J connectivity index is 2.36. The summed E-state index contributed by atoms with van der Waals surface area (Å²) in [5, 5.41) is 9.80. The molecule has 2 aromatic carbocycles. The summed E-state index contributed by atoms with van der Waals surface area (Å²) in [5.41, 5.74) is 3.01. The van der Waals surface area contributed by atoms with Crippen LogP contribution in [0, 0.1) is 0 Å². The highest BCUT2D eigenvalue weighted by Crippen LogP contribution is 2.25. The largest absolute Gasteiger partial charge is 0.507 e. The van der Waals surface area contributed by atoms with Crippen LogP contribution in [0.25, 0.3) is 11.6 Å². The monoisotopic (exact) mass is 267 g/mol. The first kappa shape index (κ1) is 13.9. The molecule has 102 valence electrons. The van der Waals surface area contributed by atoms with Crippen LogP contribution in [0.2, 0.25) is 0 Å². The topological polar surface area (TPSA) is 40.5 Å². The van der Waals surface area contributed by atoms with Crippen LogP contribution < -0.4 is 4.90 Å². The van der Waals surface area contributed by atoms with E-state index in [0.717, 1.165) is 17.5 Å². The Bertz CT molecular complexity index is 628. The van der Waals surface area contributed by atoms with Crippen molar-refractivity contribution in [1.82, 2.24) is 0 Å². The van der Waals surface area contributed by atoms with Crippen molar-refractivity contribution in [3.05, 3.63) is 59.7 Å². The lowest BCUT2D eigenvalue weighted by Gasteiger charge is -2.12. The van der Waals surface area contributed by atoms with Crippen molar-refractivity contribution in [2.45, 2.75) is 0 Å². The Morgan fingerprint density at radius 2 is 1.70 bits per heavy atom. The number of rotatable bonds is 4. The first-order valence-corrected chi connectivity index (χ1v) is 6.34. The lowest BCUT2D eigenvalue weighted by atomic mass is 10.0. The first-order valence-electron chi connectivity index (χ1n) is 6.34. The fraction of sp³-hybridized carbons (Fsp3) is 0.118. The second kappa shape index (κ2) is 6.06. The number of phenols is 1. The molecular formula is C17H17NO2. The summed E-state index contributed by atoms with van der Waals surface area (Å²) in [4.78, 5) is 13.3. The van der Waals surface area contributed by atoms with Crippen LogP contribution in [0.3, 0.4) is 0 Å². The van der Waals surface area contributed by atoms with Gasteiger partial charge in [-0.25, -0.2) is 0 Å². The minimum absolute atomic E-state index is 0.107. The molecule has 0 aliphatic rings. The van der Waals surface area contributed by atoms with E-state index in [4.69, 9.17) is 0 Å². The molecule has 0 amide bonds. The van der Waals surface area contributed by atoms with Crippen molar-refractivity contribution in [2.24, 2.45) is 0 Å². The fourth-order valence-corrected chi connectivity index (χ4v) is 1.94. The molecule has 3 nitrogen and oxygen atoms in total. The molecule has 0 heterocycles. The third kappa shape index (κ3) is 3.06. The van der Waals surface area contributed by atoms with Crippen molar-refractivity contribution in [3.8, 4) is 5.75 Å². The molecule has 0 atom stereocenters. The van der Waals surface area contributed by atoms with Gasteiger partial charge in [-0.05, 0) is 29.8 Å². The average Bonchev–Trinajstić information content (AvgIpc) is 2.46. The Morgan fingerprint density at radius 1 is 1.05 bits per heavy atom. The minimum Gasteiger partial charge on any atom is -0.507 e. The highest BCUT2D eigenvalue weighted by molar-refractivity contribution is 6.14. The summed E-state index contributed by atoms with van der Waals surface area (Å²) in [7, 11) is 3.95. The number of hydrogen-bond acceptors (Lipinski definition) is 3. The molecule has 0 aromatic heterocycles. The Hall–Kier alpha value is -2.55.